The van der Waals surface area contributed by atoms with Crippen LogP contribution in [0.3, 0.4) is 0 Å². The van der Waals surface area contributed by atoms with Crippen molar-refractivity contribution in [1.29, 1.82) is 0 Å². The maximum Gasteiger partial charge on any atom is 0.271 e. The second-order valence-electron chi connectivity index (χ2n) is 5.48. The van der Waals surface area contributed by atoms with Crippen LogP contribution in [0.15, 0.2) is 12.3 Å². The zero-order valence-corrected chi connectivity index (χ0v) is 11.2. The van der Waals surface area contributed by atoms with Gasteiger partial charge < -0.3 is 15.2 Å². The van der Waals surface area contributed by atoms with Crippen molar-refractivity contribution in [3.63, 3.8) is 0 Å². The Labute approximate surface area is 112 Å². The Morgan fingerprint density at radius 3 is 2.50 bits per heavy atom. The van der Waals surface area contributed by atoms with Gasteiger partial charge >= 0.3 is 0 Å². The van der Waals surface area contributed by atoms with E-state index in [0.717, 1.165) is 25.7 Å². The largest absolute Gasteiger partial charge is 0.345 e. The number of rotatable bonds is 1. The minimum atomic E-state index is 0.101. The van der Waals surface area contributed by atoms with Gasteiger partial charge in [-0.25, -0.2) is 0 Å². The molecule has 3 rings (SSSR count). The van der Waals surface area contributed by atoms with Gasteiger partial charge in [-0.3, -0.25) is 4.79 Å². The van der Waals surface area contributed by atoms with Crippen LogP contribution < -0.4 is 5.73 Å². The number of nitrogens with zero attached hydrogens (tertiary/aromatic N) is 2. The molecule has 98 valence electrons. The van der Waals surface area contributed by atoms with Crippen molar-refractivity contribution in [3.05, 3.63) is 23.0 Å². The fourth-order valence-electron chi connectivity index (χ4n) is 3.42. The van der Waals surface area contributed by atoms with Gasteiger partial charge in [0.1, 0.15) is 5.69 Å². The zero-order chi connectivity index (χ0) is 12.9. The first-order chi connectivity index (χ1) is 8.56. The molecule has 2 fully saturated rings. The lowest BCUT2D eigenvalue weighted by Gasteiger charge is -2.37. The van der Waals surface area contributed by atoms with E-state index in [1.807, 2.05) is 11.9 Å². The zero-order valence-electron chi connectivity index (χ0n) is 10.5. The minimum absolute atomic E-state index is 0.101. The summed E-state index contributed by atoms with van der Waals surface area (Å²) in [5, 5.41) is 0.613. The lowest BCUT2D eigenvalue weighted by atomic mass is 9.98. The number of hydrogen-bond acceptors (Lipinski definition) is 2. The van der Waals surface area contributed by atoms with Crippen LogP contribution >= 0.6 is 11.6 Å². The third-order valence-corrected chi connectivity index (χ3v) is 4.40. The average Bonchev–Trinajstić information content (AvgIpc) is 2.76. The van der Waals surface area contributed by atoms with E-state index >= 15 is 0 Å². The Hall–Kier alpha value is -1.00. The first kappa shape index (κ1) is 12.1. The highest BCUT2D eigenvalue weighted by molar-refractivity contribution is 6.31. The molecule has 0 spiro atoms. The van der Waals surface area contributed by atoms with Gasteiger partial charge in [-0.05, 0) is 31.7 Å². The molecule has 2 bridgehead atoms. The summed E-state index contributed by atoms with van der Waals surface area (Å²) in [6.07, 6.45) is 5.80. The summed E-state index contributed by atoms with van der Waals surface area (Å²) in [6.45, 7) is 0. The molecule has 2 aliphatic rings. The number of amides is 1. The van der Waals surface area contributed by atoms with Gasteiger partial charge in [0.25, 0.3) is 5.91 Å². The van der Waals surface area contributed by atoms with Crippen LogP contribution in [0.1, 0.15) is 36.2 Å². The number of halogens is 1. The summed E-state index contributed by atoms with van der Waals surface area (Å²) < 4.78 is 1.80. The molecular weight excluding hydrogens is 250 g/mol. The Morgan fingerprint density at radius 1 is 1.39 bits per heavy atom. The van der Waals surface area contributed by atoms with Gasteiger partial charge in [0, 0.05) is 31.4 Å². The highest BCUT2D eigenvalue weighted by Gasteiger charge is 2.42. The van der Waals surface area contributed by atoms with Gasteiger partial charge in [-0.2, -0.15) is 0 Å². The second-order valence-corrected chi connectivity index (χ2v) is 5.92. The molecule has 0 aromatic carbocycles. The number of hydrogen-bond donors (Lipinski definition) is 1. The van der Waals surface area contributed by atoms with E-state index in [0.29, 0.717) is 22.8 Å². The number of fused-ring (bicyclic) bond motifs is 2. The molecule has 1 amide bonds. The molecule has 3 heterocycles. The molecule has 1 aromatic rings. The molecule has 1 aromatic heterocycles. The maximum atomic E-state index is 12.6. The molecule has 4 nitrogen and oxygen atoms in total. The normalized spacial score (nSPS) is 30.8. The van der Waals surface area contributed by atoms with Crippen LogP contribution in [0.4, 0.5) is 0 Å². The molecule has 2 unspecified atom stereocenters. The van der Waals surface area contributed by atoms with Crippen LogP contribution in [0, 0.1) is 0 Å². The van der Waals surface area contributed by atoms with Crippen molar-refractivity contribution in [2.75, 3.05) is 0 Å². The van der Waals surface area contributed by atoms with Crippen LogP contribution in [-0.4, -0.2) is 33.5 Å². The van der Waals surface area contributed by atoms with Crippen molar-refractivity contribution in [1.82, 2.24) is 9.47 Å². The summed E-state index contributed by atoms with van der Waals surface area (Å²) in [5.41, 5.74) is 6.70. The summed E-state index contributed by atoms with van der Waals surface area (Å²) >= 11 is 5.95. The average molecular weight is 268 g/mol. The molecule has 2 atom stereocenters. The van der Waals surface area contributed by atoms with Crippen molar-refractivity contribution < 1.29 is 4.79 Å². The van der Waals surface area contributed by atoms with E-state index in [-0.39, 0.29) is 11.9 Å². The lowest BCUT2D eigenvalue weighted by molar-refractivity contribution is 0.0565. The first-order valence-electron chi connectivity index (χ1n) is 6.46. The van der Waals surface area contributed by atoms with Crippen LogP contribution in [0.25, 0.3) is 0 Å². The predicted octanol–water partition coefficient (Wildman–Crippen LogP) is 1.77. The quantitative estimate of drug-likeness (QED) is 0.843. The van der Waals surface area contributed by atoms with Crippen LogP contribution in [0.5, 0.6) is 0 Å². The monoisotopic (exact) mass is 267 g/mol. The fraction of sp³-hybridized carbons (Fsp3) is 0.615. The summed E-state index contributed by atoms with van der Waals surface area (Å²) in [5.74, 6) is 0.101. The third kappa shape index (κ3) is 1.84. The molecule has 2 saturated heterocycles. The van der Waals surface area contributed by atoms with E-state index in [2.05, 4.69) is 0 Å². The van der Waals surface area contributed by atoms with Gasteiger partial charge in [-0.1, -0.05) is 11.6 Å². The van der Waals surface area contributed by atoms with Crippen LogP contribution in [-0.2, 0) is 7.05 Å². The molecule has 5 heteroatoms. The molecular formula is C13H18ClN3O. The molecule has 0 saturated carbocycles. The topological polar surface area (TPSA) is 51.3 Å². The molecule has 0 radical (unpaired) electrons. The summed E-state index contributed by atoms with van der Waals surface area (Å²) in [7, 11) is 1.86. The molecule has 2 N–H and O–H groups in total. The molecule has 2 aliphatic heterocycles. The summed E-state index contributed by atoms with van der Waals surface area (Å²) in [6, 6.07) is 2.64. The lowest BCUT2D eigenvalue weighted by Crippen LogP contribution is -2.50. The smallest absolute Gasteiger partial charge is 0.271 e. The van der Waals surface area contributed by atoms with E-state index < -0.39 is 0 Å². The predicted molar refractivity (Wildman–Crippen MR) is 70.6 cm³/mol. The fourth-order valence-corrected chi connectivity index (χ4v) is 3.67. The number of carbonyl (C=O) groups is 1. The van der Waals surface area contributed by atoms with E-state index in [4.69, 9.17) is 17.3 Å². The summed E-state index contributed by atoms with van der Waals surface area (Å²) in [4.78, 5) is 14.6. The minimum Gasteiger partial charge on any atom is -0.345 e. The van der Waals surface area contributed by atoms with Gasteiger partial charge in [-0.15, -0.1) is 0 Å². The van der Waals surface area contributed by atoms with Crippen molar-refractivity contribution in [2.24, 2.45) is 12.8 Å². The number of piperidine rings is 1. The van der Waals surface area contributed by atoms with Crippen molar-refractivity contribution in [3.8, 4) is 0 Å². The molecule has 18 heavy (non-hydrogen) atoms. The Balaban J connectivity index is 1.88. The SMILES string of the molecule is Cn1cc(Cl)cc1C(=O)N1C2CCC1CC(N)C2. The third-order valence-electron chi connectivity index (χ3n) is 4.19. The van der Waals surface area contributed by atoms with E-state index in [9.17, 15) is 4.79 Å². The van der Waals surface area contributed by atoms with Gasteiger partial charge in [0.2, 0.25) is 0 Å². The number of nitrogens with two attached hydrogens (primary N) is 1. The van der Waals surface area contributed by atoms with Crippen molar-refractivity contribution >= 4 is 17.5 Å². The highest BCUT2D eigenvalue weighted by Crippen LogP contribution is 2.36. The Morgan fingerprint density at radius 2 is 2.00 bits per heavy atom. The number of aryl methyl sites for hydroxylation is 1. The standard InChI is InChI=1S/C13H18ClN3O/c1-16-7-8(14)4-12(16)13(18)17-10-2-3-11(17)6-9(15)5-10/h4,7,9-11H,2-3,5-6,15H2,1H3. The van der Waals surface area contributed by atoms with Gasteiger partial charge in [0.15, 0.2) is 0 Å². The van der Waals surface area contributed by atoms with E-state index in [1.54, 1.807) is 16.8 Å². The van der Waals surface area contributed by atoms with E-state index in [1.165, 1.54) is 0 Å². The first-order valence-corrected chi connectivity index (χ1v) is 6.84. The second kappa shape index (κ2) is 4.28. The van der Waals surface area contributed by atoms with Gasteiger partial charge in [0.05, 0.1) is 5.02 Å². The number of carbonyl (C=O) groups excluding carboxylic acids is 1. The number of aromatic nitrogens is 1. The Kier molecular flexibility index (Phi) is 2.87. The van der Waals surface area contributed by atoms with Crippen molar-refractivity contribution in [2.45, 2.75) is 43.8 Å². The Bertz CT molecular complexity index is 471. The van der Waals surface area contributed by atoms with Crippen LogP contribution in [0.2, 0.25) is 5.02 Å². The maximum absolute atomic E-state index is 12.6. The highest BCUT2D eigenvalue weighted by atomic mass is 35.5. The molecule has 0 aliphatic carbocycles.